The van der Waals surface area contributed by atoms with Gasteiger partial charge in [0.2, 0.25) is 5.95 Å². The molecular formula is C19H19ClN6O3. The zero-order chi connectivity index (χ0) is 20.5. The lowest BCUT2D eigenvalue weighted by Crippen LogP contribution is -2.24. The van der Waals surface area contributed by atoms with E-state index in [4.69, 9.17) is 21.1 Å². The first-order valence-corrected chi connectivity index (χ1v) is 9.21. The normalized spacial score (nSPS) is 16.5. The van der Waals surface area contributed by atoms with Gasteiger partial charge in [-0.1, -0.05) is 17.7 Å². The number of methoxy groups -OCH3 is 2. The van der Waals surface area contributed by atoms with Crippen LogP contribution in [0.3, 0.4) is 0 Å². The third-order valence-corrected chi connectivity index (χ3v) is 5.18. The topological polar surface area (TPSA) is 107 Å². The van der Waals surface area contributed by atoms with Crippen molar-refractivity contribution in [3.05, 3.63) is 46.9 Å². The Morgan fingerprint density at radius 1 is 1.34 bits per heavy atom. The number of aromatic amines is 1. The Balaban J connectivity index is 1.62. The van der Waals surface area contributed by atoms with Gasteiger partial charge in [-0.05, 0) is 18.2 Å². The Bertz CT molecular complexity index is 1150. The van der Waals surface area contributed by atoms with Crippen molar-refractivity contribution < 1.29 is 14.3 Å². The molecule has 0 spiro atoms. The van der Waals surface area contributed by atoms with Gasteiger partial charge in [-0.25, -0.2) is 9.48 Å². The van der Waals surface area contributed by atoms with Crippen LogP contribution in [0.2, 0.25) is 5.02 Å². The van der Waals surface area contributed by atoms with Crippen LogP contribution in [0.15, 0.2) is 36.1 Å². The number of rotatable bonds is 5. The Morgan fingerprint density at radius 2 is 2.17 bits per heavy atom. The molecule has 4 rings (SSSR count). The number of hydrogen-bond acceptors (Lipinski definition) is 7. The van der Waals surface area contributed by atoms with E-state index in [2.05, 4.69) is 25.6 Å². The van der Waals surface area contributed by atoms with Gasteiger partial charge >= 0.3 is 5.97 Å². The van der Waals surface area contributed by atoms with Crippen molar-refractivity contribution >= 4 is 45.7 Å². The monoisotopic (exact) mass is 414 g/mol. The average molecular weight is 415 g/mol. The third-order valence-electron chi connectivity index (χ3n) is 4.78. The fraction of sp³-hybridized carbons (Fsp3) is 0.263. The van der Waals surface area contributed by atoms with Crippen LogP contribution in [0, 0.1) is 0 Å². The molecule has 0 radical (unpaired) electrons. The maximum Gasteiger partial charge on any atom is 0.336 e. The number of allylic oxidation sites excluding steroid dienone is 2. The molecule has 2 N–H and O–H groups in total. The number of hydrogen-bond donors (Lipinski definition) is 2. The largest absolute Gasteiger partial charge is 0.466 e. The van der Waals surface area contributed by atoms with Gasteiger partial charge in [0, 0.05) is 31.5 Å². The molecule has 0 bridgehead atoms. The minimum Gasteiger partial charge on any atom is -0.466 e. The van der Waals surface area contributed by atoms with Crippen LogP contribution in [-0.2, 0) is 21.3 Å². The van der Waals surface area contributed by atoms with E-state index >= 15 is 0 Å². The summed E-state index contributed by atoms with van der Waals surface area (Å²) >= 11 is 6.48. The third kappa shape index (κ3) is 3.50. The summed E-state index contributed by atoms with van der Waals surface area (Å²) in [5, 5.41) is 15.9. The molecule has 2 heterocycles. The van der Waals surface area contributed by atoms with Crippen LogP contribution < -0.4 is 5.32 Å². The molecule has 1 unspecified atom stereocenters. The number of fused-ring (bicyclic) bond motifs is 1. The van der Waals surface area contributed by atoms with E-state index in [1.165, 1.54) is 7.11 Å². The summed E-state index contributed by atoms with van der Waals surface area (Å²) in [5.41, 5.74) is 2.87. The highest BCUT2D eigenvalue weighted by atomic mass is 35.5. The Hall–Kier alpha value is -3.17. The number of carbonyl (C=O) groups is 1. The molecule has 0 saturated heterocycles. The maximum absolute atomic E-state index is 11.9. The Morgan fingerprint density at radius 3 is 2.93 bits per heavy atom. The Kier molecular flexibility index (Phi) is 5.08. The smallest absolute Gasteiger partial charge is 0.336 e. The van der Waals surface area contributed by atoms with E-state index < -0.39 is 12.1 Å². The molecule has 9 nitrogen and oxygen atoms in total. The van der Waals surface area contributed by atoms with Crippen molar-refractivity contribution in [1.29, 1.82) is 0 Å². The number of H-pyrrole nitrogens is 1. The fourth-order valence-corrected chi connectivity index (χ4v) is 3.46. The van der Waals surface area contributed by atoms with Crippen molar-refractivity contribution in [3.63, 3.8) is 0 Å². The highest BCUT2D eigenvalue weighted by molar-refractivity contribution is 6.38. The highest BCUT2D eigenvalue weighted by Crippen LogP contribution is 2.32. The van der Waals surface area contributed by atoms with Crippen LogP contribution in [0.4, 0.5) is 11.6 Å². The fourth-order valence-electron chi connectivity index (χ4n) is 3.20. The summed E-state index contributed by atoms with van der Waals surface area (Å²) in [6, 6.07) is 3.74. The molecule has 1 aromatic carbocycles. The molecule has 10 heteroatoms. The van der Waals surface area contributed by atoms with Gasteiger partial charge in [0.1, 0.15) is 0 Å². The molecule has 0 fully saturated rings. The number of nitrogens with zero attached hydrogens (tertiary/aromatic N) is 4. The number of halogens is 1. The van der Waals surface area contributed by atoms with Gasteiger partial charge in [-0.3, -0.25) is 5.10 Å². The van der Waals surface area contributed by atoms with Crippen LogP contribution in [-0.4, -0.2) is 51.3 Å². The van der Waals surface area contributed by atoms with Gasteiger partial charge < -0.3 is 14.8 Å². The lowest BCUT2D eigenvalue weighted by atomic mass is 9.95. The second-order valence-electron chi connectivity index (χ2n) is 6.50. The zero-order valence-corrected chi connectivity index (χ0v) is 16.8. The van der Waals surface area contributed by atoms with Crippen LogP contribution >= 0.6 is 11.6 Å². The standard InChI is InChI=1S/C19H19ClN6O3/c1-26-19(22-14-7-6-13-12(16(14)20)9-21-24-13)23-17(25-26)10-4-5-11(18(27)29-3)15(8-10)28-2/h4-7,9,15H,8H2,1-3H3,(H,21,24)(H,22,23,25). The van der Waals surface area contributed by atoms with E-state index in [-0.39, 0.29) is 0 Å². The van der Waals surface area contributed by atoms with Crippen molar-refractivity contribution in [2.75, 3.05) is 19.5 Å². The minimum absolute atomic E-state index is 0.409. The number of benzene rings is 1. The molecule has 2 aromatic heterocycles. The number of aryl methyl sites for hydroxylation is 1. The molecule has 3 aromatic rings. The number of anilines is 2. The predicted octanol–water partition coefficient (Wildman–Crippen LogP) is 2.99. The summed E-state index contributed by atoms with van der Waals surface area (Å²) in [4.78, 5) is 16.5. The molecule has 150 valence electrons. The molecule has 0 amide bonds. The predicted molar refractivity (Wildman–Crippen MR) is 109 cm³/mol. The number of aromatic nitrogens is 5. The van der Waals surface area contributed by atoms with Crippen molar-refractivity contribution in [3.8, 4) is 0 Å². The van der Waals surface area contributed by atoms with E-state index in [0.29, 0.717) is 34.5 Å². The van der Waals surface area contributed by atoms with Crippen molar-refractivity contribution in [2.45, 2.75) is 12.5 Å². The van der Waals surface area contributed by atoms with Crippen LogP contribution in [0.5, 0.6) is 0 Å². The highest BCUT2D eigenvalue weighted by Gasteiger charge is 2.27. The number of esters is 1. The first-order valence-electron chi connectivity index (χ1n) is 8.83. The maximum atomic E-state index is 11.9. The van der Waals surface area contributed by atoms with Crippen LogP contribution in [0.25, 0.3) is 16.5 Å². The molecule has 1 aliphatic rings. The van der Waals surface area contributed by atoms with E-state index in [1.54, 1.807) is 31.1 Å². The summed E-state index contributed by atoms with van der Waals surface area (Å²) < 4.78 is 11.9. The lowest BCUT2D eigenvalue weighted by molar-refractivity contribution is -0.137. The van der Waals surface area contributed by atoms with Gasteiger partial charge in [-0.15, -0.1) is 5.10 Å². The van der Waals surface area contributed by atoms with Gasteiger partial charge in [0.05, 0.1) is 41.2 Å². The number of carbonyl (C=O) groups excluding carboxylic acids is 1. The second-order valence-corrected chi connectivity index (χ2v) is 6.88. The average Bonchev–Trinajstić information content (AvgIpc) is 3.36. The molecular weight excluding hydrogens is 396 g/mol. The van der Waals surface area contributed by atoms with Crippen molar-refractivity contribution in [2.24, 2.45) is 7.05 Å². The van der Waals surface area contributed by atoms with E-state index in [0.717, 1.165) is 16.5 Å². The lowest BCUT2D eigenvalue weighted by Gasteiger charge is -2.21. The summed E-state index contributed by atoms with van der Waals surface area (Å²) in [6.45, 7) is 0. The quantitative estimate of drug-likeness (QED) is 0.618. The van der Waals surface area contributed by atoms with Gasteiger partial charge in [0.15, 0.2) is 5.82 Å². The summed E-state index contributed by atoms with van der Waals surface area (Å²) in [7, 11) is 4.69. The SMILES string of the molecule is COC(=O)C1=CC=C(c2nc(Nc3ccc4[nH]ncc4c3Cl)n(C)n2)CC1OC. The first-order chi connectivity index (χ1) is 14.0. The molecule has 0 aliphatic heterocycles. The minimum atomic E-state index is -0.416. The summed E-state index contributed by atoms with van der Waals surface area (Å²) in [6.07, 6.45) is 5.22. The Labute approximate surface area is 171 Å². The summed E-state index contributed by atoms with van der Waals surface area (Å²) in [5.74, 6) is 0.660. The van der Waals surface area contributed by atoms with E-state index in [9.17, 15) is 4.79 Å². The number of nitrogens with one attached hydrogen (secondary N) is 2. The second kappa shape index (κ2) is 7.69. The first kappa shape index (κ1) is 19.2. The molecule has 0 saturated carbocycles. The molecule has 1 aliphatic carbocycles. The zero-order valence-electron chi connectivity index (χ0n) is 16.1. The molecule has 1 atom stereocenters. The van der Waals surface area contributed by atoms with Gasteiger partial charge in [0.25, 0.3) is 0 Å². The molecule has 29 heavy (non-hydrogen) atoms. The van der Waals surface area contributed by atoms with Crippen molar-refractivity contribution in [1.82, 2.24) is 25.0 Å². The van der Waals surface area contributed by atoms with E-state index in [1.807, 2.05) is 18.2 Å². The number of ether oxygens (including phenoxy) is 2. The van der Waals surface area contributed by atoms with Crippen LogP contribution in [0.1, 0.15) is 12.2 Å². The van der Waals surface area contributed by atoms with Gasteiger partial charge in [-0.2, -0.15) is 10.1 Å².